The Morgan fingerprint density at radius 2 is 1.43 bits per heavy atom. The molecule has 0 bridgehead atoms. The van der Waals surface area contributed by atoms with Gasteiger partial charge < -0.3 is 0 Å². The van der Waals surface area contributed by atoms with E-state index in [4.69, 9.17) is 23.2 Å². The van der Waals surface area contributed by atoms with E-state index in [2.05, 4.69) is 0 Å². The van der Waals surface area contributed by atoms with E-state index >= 15 is 0 Å². The molecule has 0 aromatic heterocycles. The molecule has 0 saturated heterocycles. The van der Waals surface area contributed by atoms with Crippen molar-refractivity contribution in [2.75, 3.05) is 13.3 Å². The van der Waals surface area contributed by atoms with Gasteiger partial charge in [-0.15, -0.1) is 0 Å². The van der Waals surface area contributed by atoms with Gasteiger partial charge in [-0.3, -0.25) is 0 Å². The van der Waals surface area contributed by atoms with Crippen LogP contribution >= 0.6 is 23.2 Å². The number of hydrogen-bond acceptors (Lipinski definition) is 0. The van der Waals surface area contributed by atoms with Gasteiger partial charge in [0.15, 0.2) is 4.33 Å². The molecule has 0 aliphatic heterocycles. The van der Waals surface area contributed by atoms with E-state index in [0.29, 0.717) is 0 Å². The van der Waals surface area contributed by atoms with Gasteiger partial charge in [-0.2, -0.15) is 0 Å². The fourth-order valence-electron chi connectivity index (χ4n) is 0.0357. The first-order valence-corrected chi connectivity index (χ1v) is 2.38. The van der Waals surface area contributed by atoms with Crippen LogP contribution in [0.25, 0.3) is 0 Å². The van der Waals surface area contributed by atoms with Gasteiger partial charge in [0.05, 0.1) is 0 Å². The first-order chi connectivity index (χ1) is 3.12. The minimum atomic E-state index is -1.81. The average molecular weight is 149 g/mol. The summed E-state index contributed by atoms with van der Waals surface area (Å²) in [5.74, 6) is 0. The van der Waals surface area contributed by atoms with Crippen molar-refractivity contribution in [2.24, 2.45) is 0 Å². The van der Waals surface area contributed by atoms with Crippen molar-refractivity contribution >= 4 is 23.2 Å². The van der Waals surface area contributed by atoms with Crippen molar-refractivity contribution in [1.82, 2.24) is 0 Å². The zero-order valence-electron chi connectivity index (χ0n) is 3.43. The highest BCUT2D eigenvalue weighted by atomic mass is 35.5. The zero-order chi connectivity index (χ0) is 5.91. The SMILES string of the molecule is FCC(Cl)(Cl)CF. The summed E-state index contributed by atoms with van der Waals surface area (Å²) in [4.78, 5) is 0. The molecule has 0 aliphatic rings. The lowest BCUT2D eigenvalue weighted by molar-refractivity contribution is 0.378. The third-order valence-corrected chi connectivity index (χ3v) is 0.795. The molecule has 0 aliphatic carbocycles. The summed E-state index contributed by atoms with van der Waals surface area (Å²) in [6.07, 6.45) is 0. The number of alkyl halides is 4. The van der Waals surface area contributed by atoms with Gasteiger partial charge in [0.1, 0.15) is 13.3 Å². The quantitative estimate of drug-likeness (QED) is 0.527. The second-order valence-corrected chi connectivity index (χ2v) is 2.76. The van der Waals surface area contributed by atoms with Gasteiger partial charge in [0.25, 0.3) is 0 Å². The van der Waals surface area contributed by atoms with Crippen molar-refractivity contribution < 1.29 is 8.78 Å². The van der Waals surface area contributed by atoms with Crippen molar-refractivity contribution in [3.8, 4) is 0 Å². The van der Waals surface area contributed by atoms with Gasteiger partial charge in [0.2, 0.25) is 0 Å². The van der Waals surface area contributed by atoms with Gasteiger partial charge in [0, 0.05) is 0 Å². The van der Waals surface area contributed by atoms with E-state index in [1.54, 1.807) is 0 Å². The second kappa shape index (κ2) is 2.68. The molecule has 0 N–H and O–H groups in total. The largest absolute Gasteiger partial charge is 0.248 e. The van der Waals surface area contributed by atoms with Crippen LogP contribution in [0.15, 0.2) is 0 Å². The van der Waals surface area contributed by atoms with E-state index in [0.717, 1.165) is 0 Å². The van der Waals surface area contributed by atoms with Gasteiger partial charge in [-0.1, -0.05) is 23.2 Å². The minimum absolute atomic E-state index is 1.05. The Morgan fingerprint density at radius 3 is 1.43 bits per heavy atom. The topological polar surface area (TPSA) is 0 Å². The molecule has 0 nitrogen and oxygen atoms in total. The summed E-state index contributed by atoms with van der Waals surface area (Å²) in [7, 11) is 0. The number of hydrogen-bond donors (Lipinski definition) is 0. The lowest BCUT2D eigenvalue weighted by atomic mass is 10.5. The Labute approximate surface area is 50.4 Å². The molecule has 0 radical (unpaired) electrons. The van der Waals surface area contributed by atoms with Crippen LogP contribution in [-0.4, -0.2) is 17.7 Å². The summed E-state index contributed by atoms with van der Waals surface area (Å²) < 4.78 is 20.7. The maximum atomic E-state index is 11.3. The summed E-state index contributed by atoms with van der Waals surface area (Å²) in [5, 5.41) is 0. The Bertz CT molecular complexity index is 48.9. The third-order valence-electron chi connectivity index (χ3n) is 0.391. The van der Waals surface area contributed by atoms with Crippen LogP contribution in [0, 0.1) is 0 Å². The van der Waals surface area contributed by atoms with Crippen LogP contribution in [0.4, 0.5) is 8.78 Å². The summed E-state index contributed by atoms with van der Waals surface area (Å²) >= 11 is 9.84. The zero-order valence-corrected chi connectivity index (χ0v) is 4.94. The highest BCUT2D eigenvalue weighted by Crippen LogP contribution is 2.20. The van der Waals surface area contributed by atoms with Gasteiger partial charge in [-0.05, 0) is 0 Å². The monoisotopic (exact) mass is 148 g/mol. The maximum absolute atomic E-state index is 11.3. The van der Waals surface area contributed by atoms with E-state index in [1.807, 2.05) is 0 Å². The summed E-state index contributed by atoms with van der Waals surface area (Å²) in [6, 6.07) is 0. The fraction of sp³-hybridized carbons (Fsp3) is 1.00. The van der Waals surface area contributed by atoms with Gasteiger partial charge in [-0.25, -0.2) is 8.78 Å². The van der Waals surface area contributed by atoms with Crippen molar-refractivity contribution in [2.45, 2.75) is 4.33 Å². The Hall–Kier alpha value is 0.440. The second-order valence-electron chi connectivity index (χ2n) is 1.12. The van der Waals surface area contributed by atoms with Crippen LogP contribution in [0.3, 0.4) is 0 Å². The van der Waals surface area contributed by atoms with Crippen molar-refractivity contribution in [3.05, 3.63) is 0 Å². The molecule has 0 fully saturated rings. The molecule has 4 heteroatoms. The van der Waals surface area contributed by atoms with Crippen molar-refractivity contribution in [3.63, 3.8) is 0 Å². The highest BCUT2D eigenvalue weighted by molar-refractivity contribution is 6.48. The molecule has 0 atom stereocenters. The third kappa shape index (κ3) is 3.06. The number of rotatable bonds is 2. The van der Waals surface area contributed by atoms with E-state index in [1.165, 1.54) is 0 Å². The molecular weight excluding hydrogens is 145 g/mol. The van der Waals surface area contributed by atoms with E-state index in [-0.39, 0.29) is 0 Å². The smallest absolute Gasteiger partial charge is 0.174 e. The van der Waals surface area contributed by atoms with Crippen LogP contribution in [-0.2, 0) is 0 Å². The number of halogens is 4. The Morgan fingerprint density at radius 1 is 1.14 bits per heavy atom. The molecule has 0 rings (SSSR count). The normalized spacial score (nSPS) is 12.0. The van der Waals surface area contributed by atoms with Crippen LogP contribution in [0.5, 0.6) is 0 Å². The molecule has 0 spiro atoms. The van der Waals surface area contributed by atoms with E-state index in [9.17, 15) is 8.78 Å². The van der Waals surface area contributed by atoms with E-state index < -0.39 is 17.7 Å². The van der Waals surface area contributed by atoms with Gasteiger partial charge >= 0.3 is 0 Å². The van der Waals surface area contributed by atoms with Crippen LogP contribution in [0.2, 0.25) is 0 Å². The summed E-state index contributed by atoms with van der Waals surface area (Å²) in [6.45, 7) is -2.10. The maximum Gasteiger partial charge on any atom is 0.174 e. The molecule has 0 unspecified atom stereocenters. The average Bonchev–Trinajstić information content (AvgIpc) is 1.68. The molecular formula is C3H4Cl2F2. The molecule has 0 saturated carbocycles. The Kier molecular flexibility index (Phi) is 2.84. The molecule has 7 heavy (non-hydrogen) atoms. The summed E-state index contributed by atoms with van der Waals surface area (Å²) in [5.41, 5.74) is 0. The molecule has 0 heterocycles. The van der Waals surface area contributed by atoms with Crippen LogP contribution in [0.1, 0.15) is 0 Å². The molecule has 0 amide bonds. The lowest BCUT2D eigenvalue weighted by Crippen LogP contribution is -2.17. The van der Waals surface area contributed by atoms with Crippen molar-refractivity contribution in [1.29, 1.82) is 0 Å². The Balaban J connectivity index is 3.36. The highest BCUT2D eigenvalue weighted by Gasteiger charge is 2.22. The standard InChI is InChI=1S/C3H4Cl2F2/c4-3(5,1-6)2-7/h1-2H2. The lowest BCUT2D eigenvalue weighted by Gasteiger charge is -2.06. The first-order valence-electron chi connectivity index (χ1n) is 1.62. The van der Waals surface area contributed by atoms with Crippen LogP contribution < -0.4 is 0 Å². The minimum Gasteiger partial charge on any atom is -0.248 e. The predicted octanol–water partition coefficient (Wildman–Crippen LogP) is 2.10. The molecule has 0 aromatic carbocycles. The fourth-order valence-corrected chi connectivity index (χ4v) is 0.0357. The molecule has 0 aromatic rings. The predicted molar refractivity (Wildman–Crippen MR) is 26.4 cm³/mol. The first kappa shape index (κ1) is 7.44. The molecule has 44 valence electrons.